The van der Waals surface area contributed by atoms with E-state index in [2.05, 4.69) is 5.32 Å². The Bertz CT molecular complexity index is 498. The Balaban J connectivity index is 1.77. The zero-order valence-electron chi connectivity index (χ0n) is 11.1. The molecule has 0 bridgehead atoms. The van der Waals surface area contributed by atoms with Gasteiger partial charge in [0.15, 0.2) is 11.9 Å². The van der Waals surface area contributed by atoms with Gasteiger partial charge in [-0.1, -0.05) is 30.3 Å². The Labute approximate surface area is 117 Å². The molecule has 1 aromatic rings. The molecular formula is C15H17NO4. The van der Waals surface area contributed by atoms with Crippen LogP contribution in [0.2, 0.25) is 0 Å². The molecule has 1 saturated heterocycles. The zero-order chi connectivity index (χ0) is 14.4. The van der Waals surface area contributed by atoms with E-state index in [4.69, 9.17) is 4.74 Å². The first-order chi connectivity index (χ1) is 9.66. The molecule has 2 rings (SSSR count). The number of ketones is 1. The van der Waals surface area contributed by atoms with Gasteiger partial charge in [-0.25, -0.2) is 0 Å². The molecular weight excluding hydrogens is 258 g/mol. The third-order valence-electron chi connectivity index (χ3n) is 3.16. The molecule has 0 unspecified atom stereocenters. The summed E-state index contributed by atoms with van der Waals surface area (Å²) in [6, 6.07) is 8.80. The minimum Gasteiger partial charge on any atom is -0.452 e. The van der Waals surface area contributed by atoms with E-state index in [1.165, 1.54) is 0 Å². The topological polar surface area (TPSA) is 72.5 Å². The average Bonchev–Trinajstić information content (AvgIpc) is 2.48. The number of Topliss-reactive ketones (excluding diaryl/α,β-unsaturated/α-hetero) is 1. The van der Waals surface area contributed by atoms with E-state index >= 15 is 0 Å². The lowest BCUT2D eigenvalue weighted by Crippen LogP contribution is -2.42. The van der Waals surface area contributed by atoms with Gasteiger partial charge in [-0.05, 0) is 12.8 Å². The van der Waals surface area contributed by atoms with E-state index in [-0.39, 0.29) is 24.5 Å². The summed E-state index contributed by atoms with van der Waals surface area (Å²) in [4.78, 5) is 34.9. The predicted octanol–water partition coefficient (Wildman–Crippen LogP) is 1.47. The number of carbonyl (C=O) groups excluding carboxylic acids is 3. The molecule has 1 atom stereocenters. The Kier molecular flexibility index (Phi) is 4.87. The lowest BCUT2D eigenvalue weighted by atomic mass is 10.1. The van der Waals surface area contributed by atoms with Gasteiger partial charge in [0.1, 0.15) is 0 Å². The van der Waals surface area contributed by atoms with Crippen LogP contribution in [0.15, 0.2) is 30.3 Å². The summed E-state index contributed by atoms with van der Waals surface area (Å²) in [6.07, 6.45) is 0.731. The van der Waals surface area contributed by atoms with Gasteiger partial charge >= 0.3 is 5.97 Å². The summed E-state index contributed by atoms with van der Waals surface area (Å²) in [5, 5.41) is 2.65. The van der Waals surface area contributed by atoms with Gasteiger partial charge in [-0.15, -0.1) is 0 Å². The van der Waals surface area contributed by atoms with Crippen LogP contribution in [0.4, 0.5) is 0 Å². The number of hydrogen-bond acceptors (Lipinski definition) is 4. The van der Waals surface area contributed by atoms with Gasteiger partial charge in [0.25, 0.3) is 5.91 Å². The van der Waals surface area contributed by atoms with Crippen LogP contribution < -0.4 is 5.32 Å². The number of nitrogens with one attached hydrogen (secondary N) is 1. The predicted molar refractivity (Wildman–Crippen MR) is 72.1 cm³/mol. The standard InChI is InChI=1S/C15H17NO4/c17-12(11-5-2-1-3-6-11)8-9-14(18)20-13-7-4-10-16-15(13)19/h1-3,5-6,13H,4,7-10H2,(H,16,19)/t13-/m0/s1. The second kappa shape index (κ2) is 6.84. The Morgan fingerprint density at radius 2 is 1.95 bits per heavy atom. The van der Waals surface area contributed by atoms with Crippen molar-refractivity contribution in [1.82, 2.24) is 5.32 Å². The van der Waals surface area contributed by atoms with Crippen LogP contribution in [0.1, 0.15) is 36.0 Å². The fourth-order valence-corrected chi connectivity index (χ4v) is 2.06. The molecule has 5 heteroatoms. The van der Waals surface area contributed by atoms with Crippen molar-refractivity contribution in [2.75, 3.05) is 6.54 Å². The highest BCUT2D eigenvalue weighted by molar-refractivity contribution is 5.97. The smallest absolute Gasteiger partial charge is 0.307 e. The quantitative estimate of drug-likeness (QED) is 0.652. The van der Waals surface area contributed by atoms with Crippen molar-refractivity contribution in [1.29, 1.82) is 0 Å². The third kappa shape index (κ3) is 3.91. The molecule has 1 amide bonds. The molecule has 0 saturated carbocycles. The van der Waals surface area contributed by atoms with Crippen molar-refractivity contribution in [3.63, 3.8) is 0 Å². The number of benzene rings is 1. The summed E-state index contributed by atoms with van der Waals surface area (Å²) in [5.74, 6) is -0.856. The van der Waals surface area contributed by atoms with Crippen LogP contribution in [-0.2, 0) is 14.3 Å². The van der Waals surface area contributed by atoms with Crippen LogP contribution in [-0.4, -0.2) is 30.3 Å². The second-order valence-corrected chi connectivity index (χ2v) is 4.70. The van der Waals surface area contributed by atoms with Gasteiger partial charge in [-0.2, -0.15) is 0 Å². The SMILES string of the molecule is O=C(CCC(=O)c1ccccc1)O[C@H]1CCCNC1=O. The van der Waals surface area contributed by atoms with Crippen LogP contribution >= 0.6 is 0 Å². The molecule has 5 nitrogen and oxygen atoms in total. The van der Waals surface area contributed by atoms with Gasteiger partial charge in [0.05, 0.1) is 6.42 Å². The molecule has 106 valence electrons. The Hall–Kier alpha value is -2.17. The number of carbonyl (C=O) groups is 3. The third-order valence-corrected chi connectivity index (χ3v) is 3.16. The molecule has 20 heavy (non-hydrogen) atoms. The van der Waals surface area contributed by atoms with Crippen molar-refractivity contribution < 1.29 is 19.1 Å². The van der Waals surface area contributed by atoms with Gasteiger partial charge in [-0.3, -0.25) is 14.4 Å². The summed E-state index contributed by atoms with van der Waals surface area (Å²) in [6.45, 7) is 0.624. The molecule has 0 radical (unpaired) electrons. The molecule has 0 spiro atoms. The van der Waals surface area contributed by atoms with Crippen LogP contribution in [0.5, 0.6) is 0 Å². The summed E-state index contributed by atoms with van der Waals surface area (Å²) >= 11 is 0. The highest BCUT2D eigenvalue weighted by Gasteiger charge is 2.25. The molecule has 1 N–H and O–H groups in total. The van der Waals surface area contributed by atoms with E-state index in [1.54, 1.807) is 24.3 Å². The minimum absolute atomic E-state index is 0.00247. The average molecular weight is 275 g/mol. The van der Waals surface area contributed by atoms with Crippen molar-refractivity contribution >= 4 is 17.7 Å². The minimum atomic E-state index is -0.705. The fraction of sp³-hybridized carbons (Fsp3) is 0.400. The first kappa shape index (κ1) is 14.2. The number of rotatable bonds is 5. The number of ether oxygens (including phenoxy) is 1. The molecule has 1 heterocycles. The highest BCUT2D eigenvalue weighted by atomic mass is 16.5. The number of amides is 1. The lowest BCUT2D eigenvalue weighted by Gasteiger charge is -2.21. The van der Waals surface area contributed by atoms with Crippen molar-refractivity contribution in [2.45, 2.75) is 31.8 Å². The zero-order valence-corrected chi connectivity index (χ0v) is 11.1. The number of hydrogen-bond donors (Lipinski definition) is 1. The molecule has 1 fully saturated rings. The van der Waals surface area contributed by atoms with Crippen molar-refractivity contribution in [3.05, 3.63) is 35.9 Å². The molecule has 1 aliphatic heterocycles. The van der Waals surface area contributed by atoms with Crippen LogP contribution in [0.3, 0.4) is 0 Å². The fourth-order valence-electron chi connectivity index (χ4n) is 2.06. The molecule has 0 aromatic heterocycles. The second-order valence-electron chi connectivity index (χ2n) is 4.70. The maximum absolute atomic E-state index is 11.8. The largest absolute Gasteiger partial charge is 0.452 e. The molecule has 0 aliphatic carbocycles. The Morgan fingerprint density at radius 3 is 2.65 bits per heavy atom. The van der Waals surface area contributed by atoms with Gasteiger partial charge in [0, 0.05) is 18.5 Å². The van der Waals surface area contributed by atoms with Crippen molar-refractivity contribution in [2.24, 2.45) is 0 Å². The molecule has 1 aliphatic rings. The van der Waals surface area contributed by atoms with Crippen LogP contribution in [0.25, 0.3) is 0 Å². The monoisotopic (exact) mass is 275 g/mol. The summed E-state index contributed by atoms with van der Waals surface area (Å²) in [5.41, 5.74) is 0.579. The highest BCUT2D eigenvalue weighted by Crippen LogP contribution is 2.10. The van der Waals surface area contributed by atoms with Gasteiger partial charge in [0.2, 0.25) is 0 Å². The van der Waals surface area contributed by atoms with Crippen molar-refractivity contribution in [3.8, 4) is 0 Å². The number of piperidine rings is 1. The van der Waals surface area contributed by atoms with E-state index in [0.29, 0.717) is 18.5 Å². The summed E-state index contributed by atoms with van der Waals surface area (Å²) < 4.78 is 5.09. The van der Waals surface area contributed by atoms with E-state index < -0.39 is 12.1 Å². The van der Waals surface area contributed by atoms with E-state index in [0.717, 1.165) is 6.42 Å². The van der Waals surface area contributed by atoms with Gasteiger partial charge < -0.3 is 10.1 Å². The van der Waals surface area contributed by atoms with Crippen LogP contribution in [0, 0.1) is 0 Å². The lowest BCUT2D eigenvalue weighted by molar-refractivity contribution is -0.157. The first-order valence-corrected chi connectivity index (χ1v) is 6.72. The summed E-state index contributed by atoms with van der Waals surface area (Å²) in [7, 11) is 0. The normalized spacial score (nSPS) is 18.2. The first-order valence-electron chi connectivity index (χ1n) is 6.72. The Morgan fingerprint density at radius 1 is 1.20 bits per heavy atom. The van der Waals surface area contributed by atoms with E-state index in [9.17, 15) is 14.4 Å². The van der Waals surface area contributed by atoms with E-state index in [1.807, 2.05) is 6.07 Å². The maximum Gasteiger partial charge on any atom is 0.307 e. The maximum atomic E-state index is 11.8. The number of esters is 1. The molecule has 1 aromatic carbocycles.